The molecular formula is C30H31N5O5. The molecule has 0 bridgehead atoms. The zero-order valence-electron chi connectivity index (χ0n) is 22.7. The van der Waals surface area contributed by atoms with Gasteiger partial charge in [-0.2, -0.15) is 4.98 Å². The second-order valence-electron chi connectivity index (χ2n) is 8.84. The molecule has 2 heterocycles. The minimum Gasteiger partial charge on any atom is -0.497 e. The number of hydrogen-bond donors (Lipinski definition) is 1. The van der Waals surface area contributed by atoms with Crippen LogP contribution >= 0.6 is 0 Å². The van der Waals surface area contributed by atoms with Crippen LogP contribution in [0.1, 0.15) is 5.56 Å². The van der Waals surface area contributed by atoms with E-state index in [1.165, 1.54) is 0 Å². The van der Waals surface area contributed by atoms with E-state index in [9.17, 15) is 0 Å². The molecule has 1 fully saturated rings. The van der Waals surface area contributed by atoms with Gasteiger partial charge in [0.1, 0.15) is 28.7 Å². The molecule has 1 aromatic heterocycles. The highest BCUT2D eigenvalue weighted by molar-refractivity contribution is 5.84. The van der Waals surface area contributed by atoms with Crippen LogP contribution in [0.3, 0.4) is 0 Å². The number of nitrogens with zero attached hydrogens (tertiary/aromatic N) is 4. The fourth-order valence-electron chi connectivity index (χ4n) is 4.09. The van der Waals surface area contributed by atoms with Gasteiger partial charge in [-0.1, -0.05) is 0 Å². The van der Waals surface area contributed by atoms with Gasteiger partial charge in [0, 0.05) is 42.3 Å². The van der Waals surface area contributed by atoms with E-state index in [1.807, 2.05) is 36.4 Å². The van der Waals surface area contributed by atoms with E-state index >= 15 is 0 Å². The first-order valence-electron chi connectivity index (χ1n) is 12.8. The summed E-state index contributed by atoms with van der Waals surface area (Å²) in [5, 5.41) is 3.26. The van der Waals surface area contributed by atoms with E-state index in [0.29, 0.717) is 34.8 Å². The Bertz CT molecular complexity index is 1420. The number of nitrogens with one attached hydrogen (secondary N) is 1. The van der Waals surface area contributed by atoms with Crippen molar-refractivity contribution in [2.24, 2.45) is 4.99 Å². The molecule has 10 heteroatoms. The first kappa shape index (κ1) is 26.8. The molecular weight excluding hydrogens is 510 g/mol. The largest absolute Gasteiger partial charge is 0.497 e. The van der Waals surface area contributed by atoms with Crippen molar-refractivity contribution in [3.8, 4) is 28.9 Å². The number of aliphatic imine (C=N–C) groups is 1. The molecule has 1 aliphatic rings. The number of aromatic nitrogens is 2. The minimum atomic E-state index is 0.290. The third-order valence-corrected chi connectivity index (χ3v) is 6.24. The lowest BCUT2D eigenvalue weighted by Gasteiger charge is -2.28. The fourth-order valence-corrected chi connectivity index (χ4v) is 4.09. The zero-order chi connectivity index (χ0) is 27.7. The lowest BCUT2D eigenvalue weighted by Crippen LogP contribution is -2.36. The third kappa shape index (κ3) is 6.78. The van der Waals surface area contributed by atoms with Gasteiger partial charge in [0.25, 0.3) is 0 Å². The van der Waals surface area contributed by atoms with Crippen LogP contribution in [0.25, 0.3) is 0 Å². The molecule has 5 rings (SSSR count). The summed E-state index contributed by atoms with van der Waals surface area (Å²) in [6.07, 6.45) is 3.30. The Balaban J connectivity index is 1.40. The Kier molecular flexibility index (Phi) is 8.57. The van der Waals surface area contributed by atoms with Gasteiger partial charge in [0.2, 0.25) is 11.8 Å². The van der Waals surface area contributed by atoms with Crippen molar-refractivity contribution < 1.29 is 23.7 Å². The number of hydrogen-bond acceptors (Lipinski definition) is 10. The first-order chi connectivity index (χ1) is 19.6. The molecule has 4 aromatic rings. The number of benzene rings is 3. The SMILES string of the molecule is COc1ccc(Oc2nc(Nc3ccc(N4CCOCC4)cc3)ncc2/N=C/c2cc(OC)cc(OC)c2)cc1. The smallest absolute Gasteiger partial charge is 0.250 e. The van der Waals surface area contributed by atoms with Crippen molar-refractivity contribution >= 4 is 29.2 Å². The zero-order valence-corrected chi connectivity index (χ0v) is 22.7. The van der Waals surface area contributed by atoms with Crippen LogP contribution < -0.4 is 29.2 Å². The number of methoxy groups -OCH3 is 3. The summed E-state index contributed by atoms with van der Waals surface area (Å²) in [6, 6.07) is 20.9. The van der Waals surface area contributed by atoms with Gasteiger partial charge >= 0.3 is 0 Å². The molecule has 1 aliphatic heterocycles. The Morgan fingerprint density at radius 2 is 1.48 bits per heavy atom. The van der Waals surface area contributed by atoms with Gasteiger partial charge in [-0.25, -0.2) is 9.98 Å². The predicted octanol–water partition coefficient (Wildman–Crippen LogP) is 5.63. The van der Waals surface area contributed by atoms with Crippen LogP contribution in [0.15, 0.2) is 77.9 Å². The highest BCUT2D eigenvalue weighted by Crippen LogP contribution is 2.32. The predicted molar refractivity (Wildman–Crippen MR) is 155 cm³/mol. The summed E-state index contributed by atoms with van der Waals surface area (Å²) >= 11 is 0. The Morgan fingerprint density at radius 3 is 2.12 bits per heavy atom. The summed E-state index contributed by atoms with van der Waals surface area (Å²) in [4.78, 5) is 16.0. The number of morpholine rings is 1. The van der Waals surface area contributed by atoms with Crippen LogP contribution in [-0.4, -0.2) is 63.8 Å². The lowest BCUT2D eigenvalue weighted by atomic mass is 10.2. The summed E-state index contributed by atoms with van der Waals surface area (Å²) in [6.45, 7) is 3.24. The second-order valence-corrected chi connectivity index (χ2v) is 8.84. The molecule has 0 atom stereocenters. The first-order valence-corrected chi connectivity index (χ1v) is 12.8. The van der Waals surface area contributed by atoms with Crippen LogP contribution in [0.2, 0.25) is 0 Å². The van der Waals surface area contributed by atoms with E-state index in [4.69, 9.17) is 23.7 Å². The highest BCUT2D eigenvalue weighted by atomic mass is 16.5. The molecule has 40 heavy (non-hydrogen) atoms. The van der Waals surface area contributed by atoms with Gasteiger partial charge in [0.05, 0.1) is 40.7 Å². The van der Waals surface area contributed by atoms with Crippen molar-refractivity contribution in [2.75, 3.05) is 57.8 Å². The molecule has 1 N–H and O–H groups in total. The topological polar surface area (TPSA) is 99.6 Å². The number of rotatable bonds is 10. The van der Waals surface area contributed by atoms with Gasteiger partial charge < -0.3 is 33.9 Å². The van der Waals surface area contributed by atoms with E-state index < -0.39 is 0 Å². The molecule has 10 nitrogen and oxygen atoms in total. The van der Waals surface area contributed by atoms with E-state index in [0.717, 1.165) is 49.0 Å². The average Bonchev–Trinajstić information content (AvgIpc) is 3.01. The maximum absolute atomic E-state index is 6.14. The van der Waals surface area contributed by atoms with Crippen LogP contribution in [0.5, 0.6) is 28.9 Å². The Hall–Kier alpha value is -4.83. The second kappa shape index (κ2) is 12.8. The van der Waals surface area contributed by atoms with Crippen molar-refractivity contribution in [3.05, 3.63) is 78.5 Å². The molecule has 0 unspecified atom stereocenters. The molecule has 0 amide bonds. The molecule has 0 aliphatic carbocycles. The standard InChI is InChI=1S/C30H31N5O5/c1-36-24-8-10-25(11-9-24)40-29-28(31-19-21-16-26(37-2)18-27(17-21)38-3)20-32-30(34-29)33-22-4-6-23(7-5-22)35-12-14-39-15-13-35/h4-11,16-20H,12-15H2,1-3H3,(H,32,33,34)/b31-19+. The Labute approximate surface area is 233 Å². The summed E-state index contributed by atoms with van der Waals surface area (Å²) < 4.78 is 27.6. The molecule has 0 saturated carbocycles. The van der Waals surface area contributed by atoms with Crippen LogP contribution in [0, 0.1) is 0 Å². The van der Waals surface area contributed by atoms with E-state index in [-0.39, 0.29) is 0 Å². The maximum atomic E-state index is 6.14. The Morgan fingerprint density at radius 1 is 0.825 bits per heavy atom. The average molecular weight is 542 g/mol. The molecule has 1 saturated heterocycles. The van der Waals surface area contributed by atoms with Gasteiger partial charge in [-0.15, -0.1) is 0 Å². The normalized spacial score (nSPS) is 13.2. The van der Waals surface area contributed by atoms with Gasteiger partial charge in [-0.3, -0.25) is 0 Å². The van der Waals surface area contributed by atoms with Crippen molar-refractivity contribution in [2.45, 2.75) is 0 Å². The van der Waals surface area contributed by atoms with Crippen LogP contribution in [0.4, 0.5) is 23.0 Å². The quantitative estimate of drug-likeness (QED) is 0.256. The monoisotopic (exact) mass is 541 g/mol. The lowest BCUT2D eigenvalue weighted by molar-refractivity contribution is 0.122. The maximum Gasteiger partial charge on any atom is 0.250 e. The van der Waals surface area contributed by atoms with Crippen molar-refractivity contribution in [3.63, 3.8) is 0 Å². The molecule has 0 spiro atoms. The molecule has 0 radical (unpaired) electrons. The highest BCUT2D eigenvalue weighted by Gasteiger charge is 2.13. The van der Waals surface area contributed by atoms with E-state index in [2.05, 4.69) is 37.3 Å². The number of anilines is 3. The van der Waals surface area contributed by atoms with Crippen molar-refractivity contribution in [1.82, 2.24) is 9.97 Å². The molecule has 206 valence electrons. The summed E-state index contributed by atoms with van der Waals surface area (Å²) in [7, 11) is 4.82. The third-order valence-electron chi connectivity index (χ3n) is 6.24. The van der Waals surface area contributed by atoms with Crippen molar-refractivity contribution in [1.29, 1.82) is 0 Å². The van der Waals surface area contributed by atoms with Crippen LogP contribution in [-0.2, 0) is 4.74 Å². The number of ether oxygens (including phenoxy) is 5. The van der Waals surface area contributed by atoms with Gasteiger partial charge in [0.15, 0.2) is 0 Å². The van der Waals surface area contributed by atoms with Gasteiger partial charge in [-0.05, 0) is 60.7 Å². The van der Waals surface area contributed by atoms with E-state index in [1.54, 1.807) is 51.9 Å². The fraction of sp³-hybridized carbons (Fsp3) is 0.233. The minimum absolute atomic E-state index is 0.290. The molecule has 3 aromatic carbocycles. The summed E-state index contributed by atoms with van der Waals surface area (Å²) in [5.41, 5.74) is 3.24. The summed E-state index contributed by atoms with van der Waals surface area (Å²) in [5.74, 6) is 3.29.